The fourth-order valence-electron chi connectivity index (χ4n) is 0.998. The molecule has 0 radical (unpaired) electrons. The van der Waals surface area contributed by atoms with Crippen molar-refractivity contribution in [1.82, 2.24) is 10.6 Å². The summed E-state index contributed by atoms with van der Waals surface area (Å²) in [6, 6.07) is 0. The topological polar surface area (TPSA) is 133 Å². The molecule has 0 aromatic rings. The summed E-state index contributed by atoms with van der Waals surface area (Å²) in [5.41, 5.74) is 0. The summed E-state index contributed by atoms with van der Waals surface area (Å²) in [5, 5.41) is 5.56. The average molecular weight is 302 g/mol. The molecular formula is C8H18N2O6S2. The maximum Gasteiger partial charge on any atom is 0.264 e. The van der Waals surface area contributed by atoms with Gasteiger partial charge in [-0.05, 0) is 12.8 Å². The largest absolute Gasteiger partial charge is 0.390 e. The van der Waals surface area contributed by atoms with Crippen molar-refractivity contribution in [2.75, 3.05) is 24.6 Å². The van der Waals surface area contributed by atoms with E-state index in [1.165, 1.54) is 12.4 Å². The molecule has 0 aliphatic rings. The van der Waals surface area contributed by atoms with Crippen molar-refractivity contribution < 1.29 is 25.9 Å². The average Bonchev–Trinajstić information content (AvgIpc) is 2.17. The van der Waals surface area contributed by atoms with Gasteiger partial charge >= 0.3 is 0 Å². The number of hydrogen-bond acceptors (Lipinski definition) is 6. The second kappa shape index (κ2) is 8.29. The Kier molecular flexibility index (Phi) is 7.91. The molecule has 10 heteroatoms. The summed E-state index contributed by atoms with van der Waals surface area (Å²) in [6.45, 7) is 0.784. The van der Waals surface area contributed by atoms with Gasteiger partial charge in [-0.3, -0.25) is 9.11 Å². The minimum Gasteiger partial charge on any atom is -0.390 e. The van der Waals surface area contributed by atoms with E-state index in [0.29, 0.717) is 13.1 Å². The van der Waals surface area contributed by atoms with Crippen molar-refractivity contribution >= 4 is 20.2 Å². The van der Waals surface area contributed by atoms with Crippen LogP contribution in [-0.2, 0) is 20.2 Å². The summed E-state index contributed by atoms with van der Waals surface area (Å²) < 4.78 is 58.2. The summed E-state index contributed by atoms with van der Waals surface area (Å²) >= 11 is 0. The van der Waals surface area contributed by atoms with Crippen LogP contribution in [0.25, 0.3) is 0 Å². The summed E-state index contributed by atoms with van der Waals surface area (Å²) in [4.78, 5) is 0. The van der Waals surface area contributed by atoms with Crippen LogP contribution in [0.4, 0.5) is 0 Å². The standard InChI is InChI=1S/C8H18N2O6S2/c11-17(12,13)7-1-3-9-5-6-10-4-2-8-18(14,15)16/h5-6,9-10H,1-4,7-8H2,(H,11,12,13)(H,14,15,16)/b6-5-. The molecule has 18 heavy (non-hydrogen) atoms. The Morgan fingerprint density at radius 1 is 0.778 bits per heavy atom. The molecule has 108 valence electrons. The van der Waals surface area contributed by atoms with Crippen LogP contribution in [0.5, 0.6) is 0 Å². The van der Waals surface area contributed by atoms with E-state index in [0.717, 1.165) is 0 Å². The Bertz CT molecular complexity index is 400. The normalized spacial score (nSPS) is 12.8. The molecule has 0 aliphatic carbocycles. The highest BCUT2D eigenvalue weighted by atomic mass is 32.2. The molecule has 8 nitrogen and oxygen atoms in total. The zero-order valence-corrected chi connectivity index (χ0v) is 11.4. The Morgan fingerprint density at radius 2 is 1.11 bits per heavy atom. The maximum atomic E-state index is 10.3. The third-order valence-corrected chi connectivity index (χ3v) is 3.38. The van der Waals surface area contributed by atoms with Gasteiger partial charge in [0.05, 0.1) is 11.5 Å². The van der Waals surface area contributed by atoms with Crippen LogP contribution in [0.3, 0.4) is 0 Å². The molecule has 0 rings (SSSR count). The van der Waals surface area contributed by atoms with E-state index in [2.05, 4.69) is 10.6 Å². The van der Waals surface area contributed by atoms with Gasteiger partial charge in [0.1, 0.15) is 0 Å². The molecule has 0 unspecified atom stereocenters. The van der Waals surface area contributed by atoms with E-state index in [4.69, 9.17) is 9.11 Å². The first-order valence-electron chi connectivity index (χ1n) is 5.23. The van der Waals surface area contributed by atoms with Crippen LogP contribution in [0.1, 0.15) is 12.8 Å². The van der Waals surface area contributed by atoms with E-state index < -0.39 is 20.2 Å². The zero-order chi connectivity index (χ0) is 14.1. The Hall–Kier alpha value is -0.840. The highest BCUT2D eigenvalue weighted by Crippen LogP contribution is 1.87. The van der Waals surface area contributed by atoms with Gasteiger partial charge in [-0.15, -0.1) is 0 Å². The van der Waals surface area contributed by atoms with Gasteiger partial charge in [0, 0.05) is 25.5 Å². The van der Waals surface area contributed by atoms with Gasteiger partial charge in [-0.25, -0.2) is 0 Å². The Balaban J connectivity index is 3.40. The third-order valence-electron chi connectivity index (χ3n) is 1.77. The smallest absolute Gasteiger partial charge is 0.264 e. The summed E-state index contributed by atoms with van der Waals surface area (Å²) in [7, 11) is -7.81. The van der Waals surface area contributed by atoms with Crippen LogP contribution in [0.15, 0.2) is 12.4 Å². The maximum absolute atomic E-state index is 10.3. The van der Waals surface area contributed by atoms with Gasteiger partial charge in [0.15, 0.2) is 0 Å². The molecule has 0 aliphatic heterocycles. The van der Waals surface area contributed by atoms with Gasteiger partial charge in [-0.1, -0.05) is 0 Å². The van der Waals surface area contributed by atoms with Crippen LogP contribution in [0.2, 0.25) is 0 Å². The molecule has 0 bridgehead atoms. The van der Waals surface area contributed by atoms with E-state index in [-0.39, 0.29) is 24.3 Å². The Labute approximate surface area is 107 Å². The van der Waals surface area contributed by atoms with E-state index >= 15 is 0 Å². The number of nitrogens with one attached hydrogen (secondary N) is 2. The molecule has 0 atom stereocenters. The minimum atomic E-state index is -3.90. The highest BCUT2D eigenvalue weighted by molar-refractivity contribution is 7.86. The zero-order valence-electron chi connectivity index (χ0n) is 9.74. The van der Waals surface area contributed by atoms with E-state index in [9.17, 15) is 16.8 Å². The predicted octanol–water partition coefficient (Wildman–Crippen LogP) is -0.807. The number of hydrogen-bond donors (Lipinski definition) is 4. The first-order chi connectivity index (χ1) is 8.21. The molecule has 0 aromatic heterocycles. The van der Waals surface area contributed by atoms with Crippen LogP contribution in [-0.4, -0.2) is 50.5 Å². The highest BCUT2D eigenvalue weighted by Gasteiger charge is 2.02. The lowest BCUT2D eigenvalue weighted by molar-refractivity contribution is 0.478. The SMILES string of the molecule is O=S(=O)(O)CCCN/C=C\NCCCS(=O)(=O)O. The van der Waals surface area contributed by atoms with Gasteiger partial charge in [0.2, 0.25) is 0 Å². The summed E-state index contributed by atoms with van der Waals surface area (Å²) in [6.07, 6.45) is 3.65. The van der Waals surface area contributed by atoms with Crippen LogP contribution in [0, 0.1) is 0 Å². The van der Waals surface area contributed by atoms with Gasteiger partial charge in [-0.2, -0.15) is 16.8 Å². The van der Waals surface area contributed by atoms with E-state index in [1.54, 1.807) is 0 Å². The molecule has 0 spiro atoms. The van der Waals surface area contributed by atoms with E-state index in [1.807, 2.05) is 0 Å². The molecule has 4 N–H and O–H groups in total. The fourth-order valence-corrected chi connectivity index (χ4v) is 2.02. The van der Waals surface area contributed by atoms with Crippen molar-refractivity contribution in [3.8, 4) is 0 Å². The second-order valence-electron chi connectivity index (χ2n) is 3.52. The van der Waals surface area contributed by atoms with Crippen molar-refractivity contribution in [3.05, 3.63) is 12.4 Å². The van der Waals surface area contributed by atoms with Crippen LogP contribution < -0.4 is 10.6 Å². The quantitative estimate of drug-likeness (QED) is 0.304. The van der Waals surface area contributed by atoms with Crippen molar-refractivity contribution in [3.63, 3.8) is 0 Å². The first kappa shape index (κ1) is 17.2. The van der Waals surface area contributed by atoms with Crippen molar-refractivity contribution in [2.24, 2.45) is 0 Å². The number of rotatable bonds is 10. The molecule has 0 fully saturated rings. The molecule has 0 saturated carbocycles. The lowest BCUT2D eigenvalue weighted by atomic mass is 10.5. The van der Waals surface area contributed by atoms with Gasteiger partial charge in [0.25, 0.3) is 20.2 Å². The molecule has 0 saturated heterocycles. The predicted molar refractivity (Wildman–Crippen MR) is 67.2 cm³/mol. The third kappa shape index (κ3) is 15.2. The molecule has 0 amide bonds. The van der Waals surface area contributed by atoms with Crippen molar-refractivity contribution in [1.29, 1.82) is 0 Å². The fraction of sp³-hybridized carbons (Fsp3) is 0.750. The first-order valence-corrected chi connectivity index (χ1v) is 8.45. The Morgan fingerprint density at radius 3 is 1.39 bits per heavy atom. The monoisotopic (exact) mass is 302 g/mol. The van der Waals surface area contributed by atoms with Crippen molar-refractivity contribution in [2.45, 2.75) is 12.8 Å². The summed E-state index contributed by atoms with van der Waals surface area (Å²) in [5.74, 6) is -0.592. The molecule has 0 heterocycles. The minimum absolute atomic E-state index is 0.284. The van der Waals surface area contributed by atoms with Gasteiger partial charge < -0.3 is 10.6 Å². The second-order valence-corrected chi connectivity index (χ2v) is 6.66. The lowest BCUT2D eigenvalue weighted by Gasteiger charge is -2.01. The molecule has 0 aromatic carbocycles. The molecular weight excluding hydrogens is 284 g/mol. The lowest BCUT2D eigenvalue weighted by Crippen LogP contribution is -2.16. The van der Waals surface area contributed by atoms with Crippen LogP contribution >= 0.6 is 0 Å².